The summed E-state index contributed by atoms with van der Waals surface area (Å²) in [6.45, 7) is 6.91. The summed E-state index contributed by atoms with van der Waals surface area (Å²) in [5.74, 6) is 0. The van der Waals surface area contributed by atoms with Gasteiger partial charge in [0.2, 0.25) is 0 Å². The summed E-state index contributed by atoms with van der Waals surface area (Å²) in [6.07, 6.45) is 13.7. The summed E-state index contributed by atoms with van der Waals surface area (Å²) in [4.78, 5) is 10.1. The zero-order valence-electron chi connectivity index (χ0n) is 21.7. The van der Waals surface area contributed by atoms with E-state index in [2.05, 4.69) is 13.8 Å². The molecule has 1 atom stereocenters. The predicted octanol–water partition coefficient (Wildman–Crippen LogP) is 5.95. The van der Waals surface area contributed by atoms with Crippen molar-refractivity contribution in [2.45, 2.75) is 97.0 Å². The number of rotatable bonds is 24. The highest BCUT2D eigenvalue weighted by Crippen LogP contribution is 2.44. The molecular formula is C24H53NO6P+. The third-order valence-corrected chi connectivity index (χ3v) is 6.26. The Labute approximate surface area is 198 Å². The Balaban J connectivity index is 4.28. The molecule has 0 rings (SSSR count). The lowest BCUT2D eigenvalue weighted by Crippen LogP contribution is -2.37. The Hall–Kier alpha value is -0.0100. The topological polar surface area (TPSA) is 74.2 Å². The highest BCUT2D eigenvalue weighted by Gasteiger charge is 2.28. The molecule has 1 unspecified atom stereocenters. The van der Waals surface area contributed by atoms with E-state index in [0.717, 1.165) is 25.7 Å². The highest BCUT2D eigenvalue weighted by atomic mass is 31.2. The molecule has 0 radical (unpaired) electrons. The first-order valence-corrected chi connectivity index (χ1v) is 14.3. The zero-order valence-corrected chi connectivity index (χ0v) is 22.6. The van der Waals surface area contributed by atoms with Crippen LogP contribution in [0.3, 0.4) is 0 Å². The molecule has 194 valence electrons. The van der Waals surface area contributed by atoms with Gasteiger partial charge < -0.3 is 18.9 Å². The van der Waals surface area contributed by atoms with Gasteiger partial charge in [0.05, 0.1) is 34.4 Å². The second-order valence-corrected chi connectivity index (χ2v) is 11.1. The Morgan fingerprint density at radius 2 is 1.16 bits per heavy atom. The summed E-state index contributed by atoms with van der Waals surface area (Å²) >= 11 is 0. The third kappa shape index (κ3) is 23.2. The van der Waals surface area contributed by atoms with Gasteiger partial charge in [-0.25, -0.2) is 4.57 Å². The van der Waals surface area contributed by atoms with Crippen molar-refractivity contribution < 1.29 is 32.5 Å². The second kappa shape index (κ2) is 20.4. The molecule has 0 fully saturated rings. The molecule has 0 bridgehead atoms. The Bertz CT molecular complexity index is 438. The largest absolute Gasteiger partial charge is 0.472 e. The van der Waals surface area contributed by atoms with E-state index in [9.17, 15) is 9.46 Å². The molecule has 0 aromatic rings. The van der Waals surface area contributed by atoms with Gasteiger partial charge in [-0.05, 0) is 12.8 Å². The number of ether oxygens (including phenoxy) is 2. The molecule has 0 aromatic carbocycles. The van der Waals surface area contributed by atoms with Crippen molar-refractivity contribution in [2.24, 2.45) is 0 Å². The lowest BCUT2D eigenvalue weighted by Gasteiger charge is -2.25. The molecule has 32 heavy (non-hydrogen) atoms. The number of likely N-dealkylation sites (N-methyl/N-ethyl adjacent to an activating group) is 1. The lowest BCUT2D eigenvalue weighted by molar-refractivity contribution is -0.870. The van der Waals surface area contributed by atoms with Gasteiger partial charge >= 0.3 is 7.82 Å². The van der Waals surface area contributed by atoms with E-state index in [-0.39, 0.29) is 19.8 Å². The molecule has 0 aliphatic rings. The van der Waals surface area contributed by atoms with Crippen LogP contribution >= 0.6 is 7.82 Å². The number of unbranched alkanes of at least 4 members (excludes halogenated alkanes) is 10. The minimum atomic E-state index is -4.15. The van der Waals surface area contributed by atoms with E-state index in [0.29, 0.717) is 24.2 Å². The summed E-state index contributed by atoms with van der Waals surface area (Å²) < 4.78 is 35.1. The third-order valence-electron chi connectivity index (χ3n) is 5.19. The summed E-state index contributed by atoms with van der Waals surface area (Å²) in [5, 5.41) is 0. The second-order valence-electron chi connectivity index (χ2n) is 9.73. The SMILES string of the molecule is CCCCCCCCOCC(COCCCCCCCC)OP(=O)(O)OCC[N+](C)(C)C. The summed E-state index contributed by atoms with van der Waals surface area (Å²) in [5.41, 5.74) is 0. The van der Waals surface area contributed by atoms with E-state index in [1.165, 1.54) is 51.4 Å². The van der Waals surface area contributed by atoms with Gasteiger partial charge in [0.15, 0.2) is 0 Å². The number of hydrogen-bond acceptors (Lipinski definition) is 5. The molecular weight excluding hydrogens is 429 g/mol. The molecule has 8 heteroatoms. The van der Waals surface area contributed by atoms with Crippen LogP contribution in [-0.4, -0.2) is 76.2 Å². The van der Waals surface area contributed by atoms with Crippen molar-refractivity contribution in [3.05, 3.63) is 0 Å². The first-order chi connectivity index (χ1) is 15.2. The fourth-order valence-electron chi connectivity index (χ4n) is 3.16. The van der Waals surface area contributed by atoms with Crippen molar-refractivity contribution >= 4 is 7.82 Å². The van der Waals surface area contributed by atoms with Crippen molar-refractivity contribution in [3.63, 3.8) is 0 Å². The van der Waals surface area contributed by atoms with Crippen molar-refractivity contribution in [1.29, 1.82) is 0 Å². The zero-order chi connectivity index (χ0) is 24.1. The fourth-order valence-corrected chi connectivity index (χ4v) is 4.03. The lowest BCUT2D eigenvalue weighted by atomic mass is 10.1. The first kappa shape index (κ1) is 32.0. The van der Waals surface area contributed by atoms with Gasteiger partial charge in [0.1, 0.15) is 19.3 Å². The Morgan fingerprint density at radius 3 is 1.59 bits per heavy atom. The van der Waals surface area contributed by atoms with Gasteiger partial charge in [-0.15, -0.1) is 0 Å². The normalized spacial score (nSPS) is 14.2. The van der Waals surface area contributed by atoms with Crippen molar-refractivity contribution in [1.82, 2.24) is 0 Å². The minimum absolute atomic E-state index is 0.154. The quantitative estimate of drug-likeness (QED) is 0.104. The fraction of sp³-hybridized carbons (Fsp3) is 1.00. The van der Waals surface area contributed by atoms with Crippen LogP contribution in [0.4, 0.5) is 0 Å². The molecule has 0 aromatic heterocycles. The molecule has 0 aliphatic heterocycles. The van der Waals surface area contributed by atoms with E-state index >= 15 is 0 Å². The van der Waals surface area contributed by atoms with Crippen molar-refractivity contribution in [3.8, 4) is 0 Å². The average molecular weight is 483 g/mol. The van der Waals surface area contributed by atoms with Gasteiger partial charge in [0.25, 0.3) is 0 Å². The number of phosphoric acid groups is 1. The van der Waals surface area contributed by atoms with Crippen LogP contribution < -0.4 is 0 Å². The maximum atomic E-state index is 12.4. The van der Waals surface area contributed by atoms with Crippen LogP contribution in [-0.2, 0) is 23.1 Å². The molecule has 0 amide bonds. The molecule has 0 saturated heterocycles. The summed E-state index contributed by atoms with van der Waals surface area (Å²) in [6, 6.07) is 0. The standard InChI is InChI=1S/C24H52NO6P/c1-6-8-10-12-14-16-19-28-22-24(23-29-20-17-15-13-11-9-7-2)31-32(26,27)30-21-18-25(3,4)5/h24H,6-23H2,1-5H3/p+1. The molecule has 0 aliphatic carbocycles. The van der Waals surface area contributed by atoms with Crippen LogP contribution in [0.5, 0.6) is 0 Å². The van der Waals surface area contributed by atoms with Gasteiger partial charge in [0, 0.05) is 13.2 Å². The minimum Gasteiger partial charge on any atom is -0.379 e. The molecule has 0 heterocycles. The van der Waals surface area contributed by atoms with Crippen LogP contribution in [0.1, 0.15) is 90.9 Å². The van der Waals surface area contributed by atoms with Gasteiger partial charge in [-0.2, -0.15) is 0 Å². The summed E-state index contributed by atoms with van der Waals surface area (Å²) in [7, 11) is 1.85. The maximum Gasteiger partial charge on any atom is 0.472 e. The monoisotopic (exact) mass is 482 g/mol. The number of phosphoric ester groups is 1. The number of quaternary nitrogens is 1. The predicted molar refractivity (Wildman–Crippen MR) is 132 cm³/mol. The van der Waals surface area contributed by atoms with Crippen molar-refractivity contribution in [2.75, 3.05) is 60.7 Å². The van der Waals surface area contributed by atoms with Crippen LogP contribution in [0.25, 0.3) is 0 Å². The van der Waals surface area contributed by atoms with Crippen LogP contribution in [0.2, 0.25) is 0 Å². The Kier molecular flexibility index (Phi) is 20.4. The van der Waals surface area contributed by atoms with E-state index in [1.54, 1.807) is 0 Å². The average Bonchev–Trinajstić information content (AvgIpc) is 2.70. The van der Waals surface area contributed by atoms with E-state index in [4.69, 9.17) is 18.5 Å². The van der Waals surface area contributed by atoms with E-state index < -0.39 is 13.9 Å². The highest BCUT2D eigenvalue weighted by molar-refractivity contribution is 7.47. The molecule has 0 saturated carbocycles. The van der Waals surface area contributed by atoms with Gasteiger partial charge in [-0.3, -0.25) is 9.05 Å². The maximum absolute atomic E-state index is 12.4. The first-order valence-electron chi connectivity index (χ1n) is 12.8. The molecule has 1 N–H and O–H groups in total. The van der Waals surface area contributed by atoms with Gasteiger partial charge in [-0.1, -0.05) is 78.1 Å². The number of nitrogens with zero attached hydrogens (tertiary/aromatic N) is 1. The van der Waals surface area contributed by atoms with E-state index in [1.807, 2.05) is 21.1 Å². The number of hydrogen-bond donors (Lipinski definition) is 1. The molecule has 7 nitrogen and oxygen atoms in total. The van der Waals surface area contributed by atoms with Crippen LogP contribution in [0.15, 0.2) is 0 Å². The molecule has 0 spiro atoms. The van der Waals surface area contributed by atoms with Crippen LogP contribution in [0, 0.1) is 0 Å². The Morgan fingerprint density at radius 1 is 0.719 bits per heavy atom. The smallest absolute Gasteiger partial charge is 0.379 e.